The van der Waals surface area contributed by atoms with Gasteiger partial charge in [-0.15, -0.1) is 18.3 Å². The van der Waals surface area contributed by atoms with Gasteiger partial charge in [-0.05, 0) is 33.6 Å². The maximum Gasteiger partial charge on any atom is 0.225 e. The monoisotopic (exact) mass is 394 g/mol. The van der Waals surface area contributed by atoms with Crippen LogP contribution in [0.4, 0.5) is 0 Å². The fraction of sp³-hybridized carbons (Fsp3) is 0.250. The number of carbonyl (C=O) groups is 1. The van der Waals surface area contributed by atoms with Crippen molar-refractivity contribution in [2.75, 3.05) is 12.9 Å². The van der Waals surface area contributed by atoms with E-state index in [0.29, 0.717) is 20.8 Å². The van der Waals surface area contributed by atoms with Gasteiger partial charge in [0.2, 0.25) is 5.91 Å². The zero-order valence-corrected chi connectivity index (χ0v) is 14.8. The smallest absolute Gasteiger partial charge is 0.225 e. The van der Waals surface area contributed by atoms with Gasteiger partial charge in [-0.25, -0.2) is 0 Å². The van der Waals surface area contributed by atoms with Crippen LogP contribution in [0.5, 0.6) is 11.5 Å². The van der Waals surface area contributed by atoms with Crippen molar-refractivity contribution in [1.82, 2.24) is 5.32 Å². The lowest BCUT2D eigenvalue weighted by Crippen LogP contribution is -2.30. The SMILES string of the molecule is C=CCSC1=C(C#N)[C@H](c2cc(Br)c(O)c(OC)c2)CC(=O)N1. The Kier molecular flexibility index (Phi) is 5.74. The highest BCUT2D eigenvalue weighted by Crippen LogP contribution is 2.42. The normalized spacial score (nSPS) is 17.4. The van der Waals surface area contributed by atoms with E-state index in [-0.39, 0.29) is 29.7 Å². The van der Waals surface area contributed by atoms with Crippen molar-refractivity contribution < 1.29 is 14.6 Å². The lowest BCUT2D eigenvalue weighted by Gasteiger charge is -2.25. The minimum absolute atomic E-state index is 0.0137. The molecule has 0 fully saturated rings. The molecule has 1 aliphatic heterocycles. The number of phenols is 1. The second-order valence-corrected chi connectivity index (χ2v) is 6.70. The number of ether oxygens (including phenoxy) is 1. The summed E-state index contributed by atoms with van der Waals surface area (Å²) in [5.41, 5.74) is 1.23. The van der Waals surface area contributed by atoms with Crippen molar-refractivity contribution >= 4 is 33.6 Å². The lowest BCUT2D eigenvalue weighted by atomic mass is 9.87. The van der Waals surface area contributed by atoms with Gasteiger partial charge in [0.1, 0.15) is 0 Å². The molecule has 0 aliphatic carbocycles. The number of nitrogens with one attached hydrogen (secondary N) is 1. The van der Waals surface area contributed by atoms with Gasteiger partial charge >= 0.3 is 0 Å². The number of thioether (sulfide) groups is 1. The first kappa shape index (κ1) is 17.4. The van der Waals surface area contributed by atoms with Crippen LogP contribution in [0, 0.1) is 11.3 Å². The predicted octanol–water partition coefficient (Wildman–Crippen LogP) is 3.42. The number of nitriles is 1. The molecule has 1 aromatic carbocycles. The van der Waals surface area contributed by atoms with Gasteiger partial charge in [-0.3, -0.25) is 4.79 Å². The Bertz CT molecular complexity index is 725. The summed E-state index contributed by atoms with van der Waals surface area (Å²) in [6, 6.07) is 5.55. The number of carbonyl (C=O) groups excluding carboxylic acids is 1. The summed E-state index contributed by atoms with van der Waals surface area (Å²) in [5, 5.41) is 22.8. The van der Waals surface area contributed by atoms with Crippen molar-refractivity contribution in [1.29, 1.82) is 5.26 Å². The largest absolute Gasteiger partial charge is 0.503 e. The first-order chi connectivity index (χ1) is 11.0. The van der Waals surface area contributed by atoms with E-state index in [2.05, 4.69) is 33.9 Å². The predicted molar refractivity (Wildman–Crippen MR) is 93.2 cm³/mol. The topological polar surface area (TPSA) is 82.3 Å². The highest BCUT2D eigenvalue weighted by molar-refractivity contribution is 9.10. The number of methoxy groups -OCH3 is 1. The van der Waals surface area contributed by atoms with Gasteiger partial charge in [-0.2, -0.15) is 5.26 Å². The molecule has 23 heavy (non-hydrogen) atoms. The molecule has 1 amide bonds. The van der Waals surface area contributed by atoms with Crippen LogP contribution in [0.15, 0.2) is 39.9 Å². The van der Waals surface area contributed by atoms with Gasteiger partial charge in [-0.1, -0.05) is 6.08 Å². The molecular weight excluding hydrogens is 380 g/mol. The zero-order valence-electron chi connectivity index (χ0n) is 12.4. The summed E-state index contributed by atoms with van der Waals surface area (Å²) in [6.07, 6.45) is 1.88. The summed E-state index contributed by atoms with van der Waals surface area (Å²) >= 11 is 4.63. The average Bonchev–Trinajstić information content (AvgIpc) is 2.54. The Labute approximate surface area is 147 Å². The zero-order chi connectivity index (χ0) is 17.0. The number of phenolic OH excluding ortho intramolecular Hbond substituents is 1. The first-order valence-electron chi connectivity index (χ1n) is 6.76. The number of hydrogen-bond acceptors (Lipinski definition) is 5. The van der Waals surface area contributed by atoms with E-state index in [1.54, 1.807) is 18.2 Å². The molecule has 1 aromatic rings. The van der Waals surface area contributed by atoms with Crippen LogP contribution < -0.4 is 10.1 Å². The molecule has 0 unspecified atom stereocenters. The molecule has 1 aliphatic rings. The molecule has 0 aromatic heterocycles. The number of amides is 1. The quantitative estimate of drug-likeness (QED) is 0.747. The Hall–Kier alpha value is -1.91. The van der Waals surface area contributed by atoms with E-state index in [0.717, 1.165) is 5.56 Å². The van der Waals surface area contributed by atoms with Crippen molar-refractivity contribution in [3.63, 3.8) is 0 Å². The van der Waals surface area contributed by atoms with Crippen LogP contribution in [0.2, 0.25) is 0 Å². The molecule has 2 rings (SSSR count). The Balaban J connectivity index is 2.52. The third-order valence-electron chi connectivity index (χ3n) is 3.37. The van der Waals surface area contributed by atoms with Crippen molar-refractivity contribution in [3.8, 4) is 17.6 Å². The minimum Gasteiger partial charge on any atom is -0.503 e. The van der Waals surface area contributed by atoms with Gasteiger partial charge in [0.05, 0.1) is 28.3 Å². The standard InChI is InChI=1S/C16H15BrN2O3S/c1-3-4-23-16-11(8-18)10(7-14(20)19-16)9-5-12(17)15(21)13(6-9)22-2/h3,5-6,10,21H,1,4,7H2,2H3,(H,19,20)/t10-/m0/s1. The van der Waals surface area contributed by atoms with Gasteiger partial charge < -0.3 is 15.2 Å². The maximum absolute atomic E-state index is 12.0. The number of aromatic hydroxyl groups is 1. The van der Waals surface area contributed by atoms with Crippen molar-refractivity contribution in [2.24, 2.45) is 0 Å². The summed E-state index contributed by atoms with van der Waals surface area (Å²) < 4.78 is 5.60. The minimum atomic E-state index is -0.383. The van der Waals surface area contributed by atoms with E-state index < -0.39 is 0 Å². The van der Waals surface area contributed by atoms with Crippen LogP contribution in [-0.2, 0) is 4.79 Å². The van der Waals surface area contributed by atoms with Gasteiger partial charge in [0.15, 0.2) is 11.5 Å². The molecule has 1 heterocycles. The first-order valence-corrected chi connectivity index (χ1v) is 8.53. The Morgan fingerprint density at radius 3 is 3.00 bits per heavy atom. The number of nitrogens with zero attached hydrogens (tertiary/aromatic N) is 1. The van der Waals surface area contributed by atoms with Crippen molar-refractivity contribution in [3.05, 3.63) is 45.4 Å². The van der Waals surface area contributed by atoms with Crippen LogP contribution in [0.25, 0.3) is 0 Å². The number of halogens is 1. The molecule has 1 atom stereocenters. The van der Waals surface area contributed by atoms with E-state index in [1.165, 1.54) is 18.9 Å². The second-order valence-electron chi connectivity index (χ2n) is 4.81. The van der Waals surface area contributed by atoms with Crippen LogP contribution >= 0.6 is 27.7 Å². The van der Waals surface area contributed by atoms with Crippen LogP contribution in [-0.4, -0.2) is 23.9 Å². The highest BCUT2D eigenvalue weighted by Gasteiger charge is 2.30. The number of hydrogen-bond donors (Lipinski definition) is 2. The van der Waals surface area contributed by atoms with Crippen molar-refractivity contribution in [2.45, 2.75) is 12.3 Å². The highest BCUT2D eigenvalue weighted by atomic mass is 79.9. The summed E-state index contributed by atoms with van der Waals surface area (Å²) in [4.78, 5) is 12.0. The summed E-state index contributed by atoms with van der Waals surface area (Å²) in [5.74, 6) is 0.338. The molecule has 0 bridgehead atoms. The van der Waals surface area contributed by atoms with Gasteiger partial charge in [0, 0.05) is 18.1 Å². The Morgan fingerprint density at radius 2 is 2.39 bits per heavy atom. The van der Waals surface area contributed by atoms with E-state index in [9.17, 15) is 15.2 Å². The lowest BCUT2D eigenvalue weighted by molar-refractivity contribution is -0.120. The van der Waals surface area contributed by atoms with Crippen LogP contribution in [0.1, 0.15) is 17.9 Å². The molecule has 0 saturated heterocycles. The number of benzene rings is 1. The summed E-state index contributed by atoms with van der Waals surface area (Å²) in [7, 11) is 1.45. The second kappa shape index (κ2) is 7.57. The third kappa shape index (κ3) is 3.71. The van der Waals surface area contributed by atoms with Gasteiger partial charge in [0.25, 0.3) is 0 Å². The maximum atomic E-state index is 12.0. The molecule has 0 spiro atoms. The fourth-order valence-electron chi connectivity index (χ4n) is 2.31. The molecular formula is C16H15BrN2O3S. The van der Waals surface area contributed by atoms with E-state index >= 15 is 0 Å². The molecule has 2 N–H and O–H groups in total. The number of allylic oxidation sites excluding steroid dienone is 1. The molecule has 0 saturated carbocycles. The molecule has 7 heteroatoms. The molecule has 5 nitrogen and oxygen atoms in total. The van der Waals surface area contributed by atoms with E-state index in [1.807, 2.05) is 0 Å². The van der Waals surface area contributed by atoms with Crippen LogP contribution in [0.3, 0.4) is 0 Å². The average molecular weight is 395 g/mol. The summed E-state index contributed by atoms with van der Waals surface area (Å²) in [6.45, 7) is 3.65. The molecule has 0 radical (unpaired) electrons. The molecule has 120 valence electrons. The van der Waals surface area contributed by atoms with E-state index in [4.69, 9.17) is 4.74 Å². The third-order valence-corrected chi connectivity index (χ3v) is 4.99. The number of rotatable bonds is 5. The fourth-order valence-corrected chi connectivity index (χ4v) is 3.58. The Morgan fingerprint density at radius 1 is 1.65 bits per heavy atom.